The lowest BCUT2D eigenvalue weighted by Crippen LogP contribution is -2.47. The molecule has 2 aromatic rings. The van der Waals surface area contributed by atoms with Crippen LogP contribution in [-0.2, 0) is 0 Å². The van der Waals surface area contributed by atoms with Crippen molar-refractivity contribution in [1.82, 2.24) is 19.8 Å². The summed E-state index contributed by atoms with van der Waals surface area (Å²) in [6.07, 6.45) is 7.09. The van der Waals surface area contributed by atoms with Gasteiger partial charge >= 0.3 is 0 Å². The Morgan fingerprint density at radius 2 is 2.13 bits per heavy atom. The molecular formula is C23H23ClFN5. The van der Waals surface area contributed by atoms with Gasteiger partial charge in [0.15, 0.2) is 0 Å². The standard InChI is InChI=1S/C23H23ClFN5/c1-15-9-22(21-6-7-26-14-27-21)28-23(29(15)3)30-8-4-5-17(13-30)16(2)18-10-19(24)12-20(25)11-18/h6-7,9-12,14,17H,1-2,4-5,8,13H2,3H3. The number of hydrogen-bond acceptors (Lipinski definition) is 5. The smallest absolute Gasteiger partial charge is 0.206 e. The summed E-state index contributed by atoms with van der Waals surface area (Å²) in [5.41, 5.74) is 3.99. The van der Waals surface area contributed by atoms with Crippen molar-refractivity contribution in [3.05, 3.63) is 83.8 Å². The van der Waals surface area contributed by atoms with Crippen molar-refractivity contribution in [2.45, 2.75) is 12.8 Å². The van der Waals surface area contributed by atoms with Crippen molar-refractivity contribution in [1.29, 1.82) is 0 Å². The fourth-order valence-corrected chi connectivity index (χ4v) is 4.09. The molecule has 2 aliphatic heterocycles. The molecule has 0 amide bonds. The Hall–Kier alpha value is -2.99. The number of rotatable bonds is 3. The second kappa shape index (κ2) is 8.40. The summed E-state index contributed by atoms with van der Waals surface area (Å²) in [4.78, 5) is 17.4. The number of hydrogen-bond donors (Lipinski definition) is 0. The minimum Gasteiger partial charge on any atom is -0.342 e. The first kappa shape index (κ1) is 20.3. The predicted molar refractivity (Wildman–Crippen MR) is 119 cm³/mol. The molecule has 0 spiro atoms. The van der Waals surface area contributed by atoms with Gasteiger partial charge in [-0.05, 0) is 54.3 Å². The fraction of sp³-hybridized carbons (Fsp3) is 0.261. The van der Waals surface area contributed by atoms with Crippen molar-refractivity contribution < 1.29 is 4.39 Å². The monoisotopic (exact) mass is 423 g/mol. The molecule has 3 heterocycles. The highest BCUT2D eigenvalue weighted by Crippen LogP contribution is 2.33. The quantitative estimate of drug-likeness (QED) is 0.707. The van der Waals surface area contributed by atoms with Crippen molar-refractivity contribution >= 4 is 28.8 Å². The van der Waals surface area contributed by atoms with Gasteiger partial charge in [-0.2, -0.15) is 0 Å². The van der Waals surface area contributed by atoms with E-state index in [1.165, 1.54) is 18.5 Å². The van der Waals surface area contributed by atoms with Crippen molar-refractivity contribution in [3.63, 3.8) is 0 Å². The van der Waals surface area contributed by atoms with E-state index in [-0.39, 0.29) is 11.7 Å². The van der Waals surface area contributed by atoms with Crippen LogP contribution in [0.3, 0.4) is 0 Å². The lowest BCUT2D eigenvalue weighted by atomic mass is 9.87. The van der Waals surface area contributed by atoms with E-state index in [4.69, 9.17) is 16.6 Å². The van der Waals surface area contributed by atoms with E-state index in [0.29, 0.717) is 5.02 Å². The van der Waals surface area contributed by atoms with Crippen LogP contribution in [0.5, 0.6) is 0 Å². The minimum absolute atomic E-state index is 0.175. The first-order valence-corrected chi connectivity index (χ1v) is 10.2. The molecule has 30 heavy (non-hydrogen) atoms. The average Bonchev–Trinajstić information content (AvgIpc) is 2.75. The number of likely N-dealkylation sites (tertiary alicyclic amines) is 1. The predicted octanol–water partition coefficient (Wildman–Crippen LogP) is 4.85. The molecule has 0 N–H and O–H groups in total. The van der Waals surface area contributed by atoms with Gasteiger partial charge in [-0.25, -0.2) is 19.4 Å². The SMILES string of the molecule is C=C(c1cc(F)cc(Cl)c1)C1CCCN(C2=NC(c3ccncn3)=CC(=C)N2C)C1. The Bertz CT molecular complexity index is 1030. The zero-order valence-corrected chi connectivity index (χ0v) is 17.6. The molecule has 5 nitrogen and oxygen atoms in total. The normalized spacial score (nSPS) is 19.4. The largest absolute Gasteiger partial charge is 0.342 e. The molecule has 0 aliphatic carbocycles. The van der Waals surface area contributed by atoms with Gasteiger partial charge < -0.3 is 9.80 Å². The first-order valence-electron chi connectivity index (χ1n) is 9.82. The maximum atomic E-state index is 13.8. The summed E-state index contributed by atoms with van der Waals surface area (Å²) in [5, 5.41) is 0.381. The third-order valence-corrected chi connectivity index (χ3v) is 5.75. The number of aliphatic imine (C=N–C) groups is 1. The van der Waals surface area contributed by atoms with Gasteiger partial charge in [0.1, 0.15) is 12.1 Å². The van der Waals surface area contributed by atoms with E-state index in [9.17, 15) is 4.39 Å². The van der Waals surface area contributed by atoms with E-state index in [0.717, 1.165) is 60.1 Å². The van der Waals surface area contributed by atoms with Crippen LogP contribution in [0.4, 0.5) is 4.39 Å². The minimum atomic E-state index is -0.348. The molecule has 7 heteroatoms. The molecule has 0 saturated carbocycles. The molecule has 1 atom stereocenters. The van der Waals surface area contributed by atoms with Gasteiger partial charge in [0.05, 0.1) is 11.4 Å². The number of piperidine rings is 1. The Morgan fingerprint density at radius 3 is 2.87 bits per heavy atom. The number of halogens is 2. The van der Waals surface area contributed by atoms with Gasteiger partial charge in [0.2, 0.25) is 5.96 Å². The number of guanidine groups is 1. The molecule has 1 saturated heterocycles. The molecule has 1 aromatic heterocycles. The first-order chi connectivity index (χ1) is 14.4. The van der Waals surface area contributed by atoms with Crippen molar-refractivity contribution in [3.8, 4) is 0 Å². The van der Waals surface area contributed by atoms with Crippen LogP contribution in [-0.4, -0.2) is 45.9 Å². The van der Waals surface area contributed by atoms with Crippen LogP contribution < -0.4 is 0 Å². The number of nitrogens with zero attached hydrogens (tertiary/aromatic N) is 5. The highest BCUT2D eigenvalue weighted by molar-refractivity contribution is 6.30. The summed E-state index contributed by atoms with van der Waals surface area (Å²) >= 11 is 6.05. The number of allylic oxidation sites excluding steroid dienone is 1. The molecule has 1 aromatic carbocycles. The molecule has 2 aliphatic rings. The second-order valence-electron chi connectivity index (χ2n) is 7.55. The number of aromatic nitrogens is 2. The van der Waals surface area contributed by atoms with E-state index < -0.39 is 0 Å². The Balaban J connectivity index is 1.59. The third-order valence-electron chi connectivity index (χ3n) is 5.53. The van der Waals surface area contributed by atoms with Crippen molar-refractivity contribution in [2.75, 3.05) is 20.1 Å². The molecule has 0 radical (unpaired) electrons. The zero-order valence-electron chi connectivity index (χ0n) is 16.9. The second-order valence-corrected chi connectivity index (χ2v) is 7.99. The lowest BCUT2D eigenvalue weighted by molar-refractivity contribution is 0.275. The third kappa shape index (κ3) is 4.14. The average molecular weight is 424 g/mol. The van der Waals surface area contributed by atoms with Gasteiger partial charge in [-0.3, -0.25) is 0 Å². The topological polar surface area (TPSA) is 44.6 Å². The maximum absolute atomic E-state index is 13.8. The molecule has 1 fully saturated rings. The van der Waals surface area contributed by atoms with E-state index in [2.05, 4.69) is 28.0 Å². The Labute approximate surface area is 180 Å². The summed E-state index contributed by atoms with van der Waals surface area (Å²) in [7, 11) is 1.96. The molecule has 0 bridgehead atoms. The summed E-state index contributed by atoms with van der Waals surface area (Å²) in [5.74, 6) is 0.652. The van der Waals surface area contributed by atoms with Crippen molar-refractivity contribution in [2.24, 2.45) is 10.9 Å². The van der Waals surface area contributed by atoms with E-state index >= 15 is 0 Å². The maximum Gasteiger partial charge on any atom is 0.206 e. The number of likely N-dealkylation sites (N-methyl/N-ethyl adjacent to an activating group) is 1. The van der Waals surface area contributed by atoms with E-state index in [1.807, 2.05) is 24.1 Å². The van der Waals surface area contributed by atoms with Crippen LogP contribution in [0.1, 0.15) is 24.1 Å². The number of benzene rings is 1. The Kier molecular flexibility index (Phi) is 5.68. The van der Waals surface area contributed by atoms with Gasteiger partial charge in [0.25, 0.3) is 0 Å². The molecule has 4 rings (SSSR count). The highest BCUT2D eigenvalue weighted by Gasteiger charge is 2.29. The van der Waals surface area contributed by atoms with Crippen LogP contribution in [0.25, 0.3) is 11.3 Å². The molecule has 154 valence electrons. The van der Waals surface area contributed by atoms with E-state index in [1.54, 1.807) is 12.3 Å². The summed E-state index contributed by atoms with van der Waals surface area (Å²) < 4.78 is 13.8. The lowest BCUT2D eigenvalue weighted by Gasteiger charge is -2.40. The highest BCUT2D eigenvalue weighted by atomic mass is 35.5. The van der Waals surface area contributed by atoms with Crippen LogP contribution >= 0.6 is 11.6 Å². The van der Waals surface area contributed by atoms with Crippen LogP contribution in [0, 0.1) is 11.7 Å². The summed E-state index contributed by atoms with van der Waals surface area (Å²) in [6.45, 7) is 10.0. The van der Waals surface area contributed by atoms with Gasteiger partial charge in [-0.1, -0.05) is 24.8 Å². The molecule has 1 unspecified atom stereocenters. The Morgan fingerprint density at radius 1 is 1.30 bits per heavy atom. The van der Waals surface area contributed by atoms with Crippen LogP contribution in [0.15, 0.2) is 66.7 Å². The zero-order chi connectivity index (χ0) is 21.3. The van der Waals surface area contributed by atoms with Gasteiger partial charge in [-0.15, -0.1) is 0 Å². The molecular weight excluding hydrogens is 401 g/mol. The van der Waals surface area contributed by atoms with Crippen LogP contribution in [0.2, 0.25) is 5.02 Å². The summed E-state index contributed by atoms with van der Waals surface area (Å²) in [6, 6.07) is 6.41. The van der Waals surface area contributed by atoms with Gasteiger partial charge in [0, 0.05) is 43.0 Å². The fourth-order valence-electron chi connectivity index (χ4n) is 3.87.